The quantitative estimate of drug-likeness (QED) is 0.473. The Kier molecular flexibility index (Phi) is 5.89. The van der Waals surface area contributed by atoms with Crippen LogP contribution in [0.15, 0.2) is 51.8 Å². The molecule has 0 spiro atoms. The zero-order valence-electron chi connectivity index (χ0n) is 16.9. The second kappa shape index (κ2) is 8.77. The fraction of sp³-hybridized carbons (Fsp3) is 0.409. The molecule has 5 nitrogen and oxygen atoms in total. The van der Waals surface area contributed by atoms with E-state index in [1.54, 1.807) is 11.3 Å². The van der Waals surface area contributed by atoms with E-state index in [0.717, 1.165) is 36.1 Å². The van der Waals surface area contributed by atoms with Crippen molar-refractivity contribution >= 4 is 46.5 Å². The standard InChI is InChI=1S/C22H24N4OS3/c1-15-10-11-25(18-6-2-3-7-19(18)30-15)21(27)14-29-22-24-23-20(26(22)16-8-9-16)13-17-5-4-12-28-17/h2-7,12,15-16H,8-11,13-14H2,1H3/t15-/m1/s1. The van der Waals surface area contributed by atoms with Gasteiger partial charge < -0.3 is 9.47 Å². The largest absolute Gasteiger partial charge is 0.311 e. The molecular weight excluding hydrogens is 432 g/mol. The van der Waals surface area contributed by atoms with Crippen molar-refractivity contribution in [1.29, 1.82) is 0 Å². The van der Waals surface area contributed by atoms with E-state index >= 15 is 0 Å². The van der Waals surface area contributed by atoms with Crippen LogP contribution in [0, 0.1) is 0 Å². The first-order chi connectivity index (χ1) is 14.7. The SMILES string of the molecule is C[C@@H]1CCN(C(=O)CSc2nnc(Cc3cccs3)n2C2CC2)c2ccccc2S1. The Balaban J connectivity index is 1.32. The van der Waals surface area contributed by atoms with Crippen LogP contribution in [0.4, 0.5) is 5.69 Å². The molecule has 1 fully saturated rings. The predicted molar refractivity (Wildman–Crippen MR) is 125 cm³/mol. The van der Waals surface area contributed by atoms with Crippen molar-refractivity contribution in [3.8, 4) is 0 Å². The molecule has 1 atom stereocenters. The van der Waals surface area contributed by atoms with Crippen molar-refractivity contribution in [2.24, 2.45) is 0 Å². The van der Waals surface area contributed by atoms with Crippen LogP contribution >= 0.6 is 34.9 Å². The summed E-state index contributed by atoms with van der Waals surface area (Å²) in [7, 11) is 0. The molecule has 30 heavy (non-hydrogen) atoms. The summed E-state index contributed by atoms with van der Waals surface area (Å²) in [5.74, 6) is 1.55. The smallest absolute Gasteiger partial charge is 0.237 e. The van der Waals surface area contributed by atoms with Crippen LogP contribution in [-0.2, 0) is 11.2 Å². The minimum absolute atomic E-state index is 0.146. The number of para-hydroxylation sites is 1. The molecule has 1 aliphatic heterocycles. The van der Waals surface area contributed by atoms with Crippen molar-refractivity contribution in [3.05, 3.63) is 52.5 Å². The number of nitrogens with zero attached hydrogens (tertiary/aromatic N) is 4. The molecule has 0 N–H and O–H groups in total. The minimum atomic E-state index is 0.146. The number of thioether (sulfide) groups is 2. The molecule has 156 valence electrons. The van der Waals surface area contributed by atoms with Gasteiger partial charge in [0.2, 0.25) is 5.91 Å². The van der Waals surface area contributed by atoms with Crippen LogP contribution in [0.5, 0.6) is 0 Å². The summed E-state index contributed by atoms with van der Waals surface area (Å²) < 4.78 is 2.27. The van der Waals surface area contributed by atoms with E-state index < -0.39 is 0 Å². The van der Waals surface area contributed by atoms with Gasteiger partial charge in [0, 0.05) is 34.0 Å². The van der Waals surface area contributed by atoms with Crippen LogP contribution in [0.3, 0.4) is 0 Å². The summed E-state index contributed by atoms with van der Waals surface area (Å²) in [5.41, 5.74) is 1.04. The Labute approximate surface area is 189 Å². The van der Waals surface area contributed by atoms with Gasteiger partial charge in [-0.05, 0) is 42.8 Å². The summed E-state index contributed by atoms with van der Waals surface area (Å²) in [5, 5.41) is 12.4. The number of benzene rings is 1. The van der Waals surface area contributed by atoms with Crippen molar-refractivity contribution in [2.75, 3.05) is 17.2 Å². The highest BCUT2D eigenvalue weighted by molar-refractivity contribution is 8.00. The molecule has 2 aliphatic rings. The fourth-order valence-corrected chi connectivity index (χ4v) is 6.46. The second-order valence-corrected chi connectivity index (χ2v) is 11.2. The molecule has 1 saturated carbocycles. The molecule has 0 unspecified atom stereocenters. The molecule has 0 saturated heterocycles. The van der Waals surface area contributed by atoms with E-state index in [1.807, 2.05) is 22.7 Å². The van der Waals surface area contributed by atoms with Gasteiger partial charge in [-0.1, -0.05) is 36.9 Å². The third kappa shape index (κ3) is 4.31. The Morgan fingerprint density at radius 2 is 2.03 bits per heavy atom. The molecule has 1 aliphatic carbocycles. The van der Waals surface area contributed by atoms with Crippen molar-refractivity contribution in [3.63, 3.8) is 0 Å². The van der Waals surface area contributed by atoms with E-state index in [-0.39, 0.29) is 5.91 Å². The minimum Gasteiger partial charge on any atom is -0.311 e. The van der Waals surface area contributed by atoms with E-state index in [9.17, 15) is 4.79 Å². The Hall–Kier alpha value is -1.77. The number of hydrogen-bond donors (Lipinski definition) is 0. The van der Waals surface area contributed by atoms with Gasteiger partial charge in [0.25, 0.3) is 0 Å². The molecule has 3 aromatic rings. The molecule has 0 radical (unpaired) electrons. The number of carbonyl (C=O) groups is 1. The zero-order valence-corrected chi connectivity index (χ0v) is 19.3. The maximum atomic E-state index is 13.2. The van der Waals surface area contributed by atoms with Gasteiger partial charge in [-0.2, -0.15) is 0 Å². The Morgan fingerprint density at radius 1 is 1.17 bits per heavy atom. The van der Waals surface area contributed by atoms with E-state index in [2.05, 4.69) is 57.4 Å². The van der Waals surface area contributed by atoms with Gasteiger partial charge in [0.1, 0.15) is 5.82 Å². The first-order valence-corrected chi connectivity index (χ1v) is 13.1. The number of rotatable bonds is 6. The van der Waals surface area contributed by atoms with E-state index in [1.165, 1.54) is 34.4 Å². The molecule has 1 amide bonds. The summed E-state index contributed by atoms with van der Waals surface area (Å²) in [6, 6.07) is 13.0. The van der Waals surface area contributed by atoms with Gasteiger partial charge in [-0.25, -0.2) is 0 Å². The fourth-order valence-electron chi connectivity index (χ4n) is 3.74. The number of carbonyl (C=O) groups excluding carboxylic acids is 1. The number of aromatic nitrogens is 3. The van der Waals surface area contributed by atoms with E-state index in [0.29, 0.717) is 17.0 Å². The van der Waals surface area contributed by atoms with Crippen LogP contribution < -0.4 is 4.90 Å². The zero-order chi connectivity index (χ0) is 20.5. The summed E-state index contributed by atoms with van der Waals surface area (Å²) in [6.45, 7) is 3.00. The monoisotopic (exact) mass is 456 g/mol. The highest BCUT2D eigenvalue weighted by Crippen LogP contribution is 2.40. The number of fused-ring (bicyclic) bond motifs is 1. The average Bonchev–Trinajstić information content (AvgIpc) is 3.35. The number of anilines is 1. The normalized spacial score (nSPS) is 18.8. The second-order valence-electron chi connectivity index (χ2n) is 7.78. The summed E-state index contributed by atoms with van der Waals surface area (Å²) in [6.07, 6.45) is 4.15. The molecular formula is C22H24N4OS3. The Morgan fingerprint density at radius 3 is 2.83 bits per heavy atom. The van der Waals surface area contributed by atoms with Crippen molar-refractivity contribution < 1.29 is 4.79 Å². The highest BCUT2D eigenvalue weighted by Gasteiger charge is 2.31. The molecule has 2 aromatic heterocycles. The number of amides is 1. The maximum absolute atomic E-state index is 13.2. The van der Waals surface area contributed by atoms with Gasteiger partial charge in [0.05, 0.1) is 11.4 Å². The first-order valence-electron chi connectivity index (χ1n) is 10.3. The van der Waals surface area contributed by atoms with Crippen molar-refractivity contribution in [2.45, 2.75) is 54.0 Å². The van der Waals surface area contributed by atoms with Gasteiger partial charge in [0.15, 0.2) is 5.16 Å². The molecule has 5 rings (SSSR count). The van der Waals surface area contributed by atoms with E-state index in [4.69, 9.17) is 0 Å². The van der Waals surface area contributed by atoms with Crippen LogP contribution in [0.1, 0.15) is 42.9 Å². The topological polar surface area (TPSA) is 51.0 Å². The number of thiophene rings is 1. The highest BCUT2D eigenvalue weighted by atomic mass is 32.2. The molecule has 3 heterocycles. The Bertz CT molecular complexity index is 1030. The lowest BCUT2D eigenvalue weighted by Gasteiger charge is -2.22. The first kappa shape index (κ1) is 20.2. The predicted octanol–water partition coefficient (Wildman–Crippen LogP) is 5.27. The van der Waals surface area contributed by atoms with Gasteiger partial charge in [-0.3, -0.25) is 4.79 Å². The van der Waals surface area contributed by atoms with Gasteiger partial charge >= 0.3 is 0 Å². The van der Waals surface area contributed by atoms with Gasteiger partial charge in [-0.15, -0.1) is 33.3 Å². The maximum Gasteiger partial charge on any atom is 0.237 e. The van der Waals surface area contributed by atoms with Crippen LogP contribution in [-0.4, -0.2) is 38.2 Å². The molecule has 8 heteroatoms. The molecule has 1 aromatic carbocycles. The lowest BCUT2D eigenvalue weighted by atomic mass is 10.2. The summed E-state index contributed by atoms with van der Waals surface area (Å²) >= 11 is 5.14. The number of hydrogen-bond acceptors (Lipinski definition) is 6. The summed E-state index contributed by atoms with van der Waals surface area (Å²) in [4.78, 5) is 17.6. The van der Waals surface area contributed by atoms with Crippen molar-refractivity contribution in [1.82, 2.24) is 14.8 Å². The van der Waals surface area contributed by atoms with Crippen LogP contribution in [0.25, 0.3) is 0 Å². The third-order valence-corrected chi connectivity index (χ3v) is 8.47. The lowest BCUT2D eigenvalue weighted by molar-refractivity contribution is -0.116. The van der Waals surface area contributed by atoms with Crippen LogP contribution in [0.2, 0.25) is 0 Å². The molecule has 0 bridgehead atoms. The average molecular weight is 457 g/mol. The lowest BCUT2D eigenvalue weighted by Crippen LogP contribution is -2.33. The third-order valence-electron chi connectivity index (χ3n) is 5.43.